The molecule has 0 aromatic carbocycles. The van der Waals surface area contributed by atoms with E-state index in [0.717, 1.165) is 4.57 Å². The first kappa shape index (κ1) is 14.8. The number of fused-ring (bicyclic) bond motifs is 1. The molecule has 0 spiro atoms. The van der Waals surface area contributed by atoms with E-state index in [9.17, 15) is 19.7 Å². The maximum atomic E-state index is 12.3. The van der Waals surface area contributed by atoms with Gasteiger partial charge in [0.2, 0.25) is 0 Å². The zero-order valence-corrected chi connectivity index (χ0v) is 11.7. The average Bonchev–Trinajstić information content (AvgIpc) is 2.83. The molecule has 0 fully saturated rings. The number of aryl methyl sites for hydroxylation is 1. The first-order chi connectivity index (χ1) is 10.0. The van der Waals surface area contributed by atoms with Crippen LogP contribution in [0.3, 0.4) is 0 Å². The summed E-state index contributed by atoms with van der Waals surface area (Å²) in [5.74, 6) is 0. The lowest BCUT2D eigenvalue weighted by atomic mass is 10.4. The Morgan fingerprint density at radius 3 is 2.52 bits per heavy atom. The van der Waals surface area contributed by atoms with Crippen molar-refractivity contribution in [3.63, 3.8) is 0 Å². The van der Waals surface area contributed by atoms with Gasteiger partial charge in [-0.3, -0.25) is 13.9 Å². The van der Waals surface area contributed by atoms with Crippen molar-refractivity contribution >= 4 is 11.2 Å². The third-order valence-corrected chi connectivity index (χ3v) is 3.14. The van der Waals surface area contributed by atoms with Crippen molar-refractivity contribution in [2.45, 2.75) is 33.5 Å². The molecule has 10 heteroatoms. The number of hydrogen-bond acceptors (Lipinski definition) is 6. The number of aromatic nitrogens is 4. The molecule has 0 bridgehead atoms. The molecular weight excluding hydrogens is 282 g/mol. The van der Waals surface area contributed by atoms with Crippen molar-refractivity contribution in [1.82, 2.24) is 18.7 Å². The van der Waals surface area contributed by atoms with Crippen LogP contribution in [-0.4, -0.2) is 30.4 Å². The number of rotatable bonds is 6. The van der Waals surface area contributed by atoms with Crippen LogP contribution in [0.5, 0.6) is 0 Å². The summed E-state index contributed by atoms with van der Waals surface area (Å²) in [4.78, 5) is 42.9. The molecule has 10 nitrogen and oxygen atoms in total. The van der Waals surface area contributed by atoms with Gasteiger partial charge in [-0.25, -0.2) is 9.78 Å². The molecule has 114 valence electrons. The third kappa shape index (κ3) is 2.51. The molecule has 0 atom stereocenters. The van der Waals surface area contributed by atoms with E-state index in [0.29, 0.717) is 6.54 Å². The molecule has 2 aromatic heterocycles. The summed E-state index contributed by atoms with van der Waals surface area (Å²) in [6.45, 7) is 3.99. The van der Waals surface area contributed by atoms with Gasteiger partial charge in [-0.05, 0) is 13.8 Å². The SMILES string of the molecule is CCn1c(=O)c2c(ncn2CCO[N+](=O)[O-])n(CC)c1=O. The van der Waals surface area contributed by atoms with Crippen LogP contribution in [0.4, 0.5) is 0 Å². The van der Waals surface area contributed by atoms with Crippen molar-refractivity contribution in [2.24, 2.45) is 0 Å². The van der Waals surface area contributed by atoms with E-state index in [2.05, 4.69) is 9.82 Å². The topological polar surface area (TPSA) is 114 Å². The summed E-state index contributed by atoms with van der Waals surface area (Å²) < 4.78 is 3.96. The monoisotopic (exact) mass is 297 g/mol. The summed E-state index contributed by atoms with van der Waals surface area (Å²) in [6, 6.07) is 0. The highest BCUT2D eigenvalue weighted by Gasteiger charge is 2.16. The van der Waals surface area contributed by atoms with Crippen LogP contribution < -0.4 is 11.2 Å². The molecule has 21 heavy (non-hydrogen) atoms. The lowest BCUT2D eigenvalue weighted by Crippen LogP contribution is -2.40. The Morgan fingerprint density at radius 1 is 1.29 bits per heavy atom. The van der Waals surface area contributed by atoms with Gasteiger partial charge in [0.25, 0.3) is 10.6 Å². The quantitative estimate of drug-likeness (QED) is 0.529. The Labute approximate surface area is 118 Å². The minimum absolute atomic E-state index is 0.0956. The Bertz CT molecular complexity index is 787. The van der Waals surface area contributed by atoms with Crippen LogP contribution in [0.2, 0.25) is 0 Å². The van der Waals surface area contributed by atoms with Gasteiger partial charge < -0.3 is 9.40 Å². The fraction of sp³-hybridized carbons (Fsp3) is 0.545. The van der Waals surface area contributed by atoms with Gasteiger partial charge in [0, 0.05) is 19.6 Å². The lowest BCUT2D eigenvalue weighted by molar-refractivity contribution is -0.758. The van der Waals surface area contributed by atoms with E-state index in [1.807, 2.05) is 0 Å². The maximum Gasteiger partial charge on any atom is 0.332 e. The van der Waals surface area contributed by atoms with Crippen LogP contribution in [0.15, 0.2) is 15.9 Å². The molecule has 0 aliphatic rings. The van der Waals surface area contributed by atoms with E-state index in [1.165, 1.54) is 15.5 Å². The summed E-state index contributed by atoms with van der Waals surface area (Å²) in [5, 5.41) is 9.25. The zero-order valence-electron chi connectivity index (χ0n) is 11.7. The van der Waals surface area contributed by atoms with Gasteiger partial charge in [-0.1, -0.05) is 0 Å². The van der Waals surface area contributed by atoms with E-state index >= 15 is 0 Å². The second-order valence-corrected chi connectivity index (χ2v) is 4.24. The van der Waals surface area contributed by atoms with Crippen LogP contribution >= 0.6 is 0 Å². The molecule has 0 aliphatic heterocycles. The number of imidazole rings is 1. The molecular formula is C11H15N5O5. The van der Waals surface area contributed by atoms with Crippen molar-refractivity contribution in [2.75, 3.05) is 6.61 Å². The third-order valence-electron chi connectivity index (χ3n) is 3.14. The summed E-state index contributed by atoms with van der Waals surface area (Å²) in [7, 11) is 0. The molecule has 0 radical (unpaired) electrons. The van der Waals surface area contributed by atoms with Crippen molar-refractivity contribution in [3.8, 4) is 0 Å². The van der Waals surface area contributed by atoms with E-state index in [-0.39, 0.29) is 30.9 Å². The summed E-state index contributed by atoms with van der Waals surface area (Å²) >= 11 is 0. The molecule has 0 amide bonds. The van der Waals surface area contributed by atoms with Gasteiger partial charge in [-0.15, -0.1) is 10.1 Å². The number of nitrogens with zero attached hydrogens (tertiary/aromatic N) is 5. The maximum absolute atomic E-state index is 12.3. The second-order valence-electron chi connectivity index (χ2n) is 4.24. The Morgan fingerprint density at radius 2 is 1.95 bits per heavy atom. The highest BCUT2D eigenvalue weighted by Crippen LogP contribution is 2.06. The highest BCUT2D eigenvalue weighted by atomic mass is 16.9. The van der Waals surface area contributed by atoms with Gasteiger partial charge in [0.15, 0.2) is 11.2 Å². The smallest absolute Gasteiger partial charge is 0.323 e. The fourth-order valence-electron chi connectivity index (χ4n) is 2.19. The Hall–Kier alpha value is -2.65. The van der Waals surface area contributed by atoms with E-state index in [4.69, 9.17) is 0 Å². The standard InChI is InChI=1S/C11H15N5O5/c1-3-14-9-8(10(17)15(4-2)11(14)18)13(7-12-9)5-6-21-16(19)20/h7H,3-6H2,1-2H3. The predicted octanol–water partition coefficient (Wildman–Crippen LogP) is -0.392. The molecule has 0 aliphatic carbocycles. The van der Waals surface area contributed by atoms with Gasteiger partial charge in [-0.2, -0.15) is 0 Å². The molecule has 2 heterocycles. The van der Waals surface area contributed by atoms with Crippen LogP contribution in [0.25, 0.3) is 11.2 Å². The largest absolute Gasteiger partial charge is 0.332 e. The molecule has 0 saturated carbocycles. The van der Waals surface area contributed by atoms with E-state index < -0.39 is 16.3 Å². The van der Waals surface area contributed by atoms with Crippen LogP contribution in [0.1, 0.15) is 13.8 Å². The molecule has 0 unspecified atom stereocenters. The average molecular weight is 297 g/mol. The highest BCUT2D eigenvalue weighted by molar-refractivity contribution is 5.70. The minimum Gasteiger partial charge on any atom is -0.323 e. The van der Waals surface area contributed by atoms with Crippen LogP contribution in [-0.2, 0) is 24.5 Å². The Balaban J connectivity index is 2.58. The first-order valence-corrected chi connectivity index (χ1v) is 6.47. The lowest BCUT2D eigenvalue weighted by Gasteiger charge is -2.09. The molecule has 2 aromatic rings. The molecule has 0 saturated heterocycles. The normalized spacial score (nSPS) is 11.0. The van der Waals surface area contributed by atoms with Crippen molar-refractivity contribution < 1.29 is 9.92 Å². The van der Waals surface area contributed by atoms with Gasteiger partial charge >= 0.3 is 5.69 Å². The summed E-state index contributed by atoms with van der Waals surface area (Å²) in [5.41, 5.74) is -0.353. The fourth-order valence-corrected chi connectivity index (χ4v) is 2.19. The van der Waals surface area contributed by atoms with Gasteiger partial charge in [0.05, 0.1) is 6.33 Å². The number of hydrogen-bond donors (Lipinski definition) is 0. The predicted molar refractivity (Wildman–Crippen MR) is 72.5 cm³/mol. The van der Waals surface area contributed by atoms with E-state index in [1.54, 1.807) is 13.8 Å². The molecule has 0 N–H and O–H groups in total. The molecule has 2 rings (SSSR count). The minimum atomic E-state index is -0.897. The van der Waals surface area contributed by atoms with Gasteiger partial charge in [0.1, 0.15) is 6.61 Å². The van der Waals surface area contributed by atoms with Crippen molar-refractivity contribution in [3.05, 3.63) is 37.3 Å². The Kier molecular flexibility index (Phi) is 4.05. The second kappa shape index (κ2) is 5.77. The first-order valence-electron chi connectivity index (χ1n) is 6.47. The summed E-state index contributed by atoms with van der Waals surface area (Å²) in [6.07, 6.45) is 1.38. The van der Waals surface area contributed by atoms with Crippen molar-refractivity contribution in [1.29, 1.82) is 0 Å². The zero-order chi connectivity index (χ0) is 15.6. The van der Waals surface area contributed by atoms with Crippen LogP contribution in [0, 0.1) is 10.1 Å².